The van der Waals surface area contributed by atoms with E-state index in [-0.39, 0.29) is 6.10 Å². The molecule has 0 aliphatic rings. The molecule has 4 nitrogen and oxygen atoms in total. The first-order valence-electron chi connectivity index (χ1n) is 5.92. The molecule has 0 spiro atoms. The molecule has 0 fully saturated rings. The van der Waals surface area contributed by atoms with Crippen LogP contribution >= 0.6 is 0 Å². The quantitative estimate of drug-likeness (QED) is 0.395. The summed E-state index contributed by atoms with van der Waals surface area (Å²) in [6.07, 6.45) is 4.01. The Kier molecular flexibility index (Phi) is 7.60. The SMILES string of the molecule is CCCCCCC(C(=O)O)C(=O)OC(C)C. The van der Waals surface area contributed by atoms with Crippen molar-refractivity contribution in [3.63, 3.8) is 0 Å². The van der Waals surface area contributed by atoms with Gasteiger partial charge in [-0.3, -0.25) is 9.59 Å². The fourth-order valence-electron chi connectivity index (χ4n) is 1.43. The molecule has 0 saturated heterocycles. The van der Waals surface area contributed by atoms with Crippen molar-refractivity contribution in [3.8, 4) is 0 Å². The van der Waals surface area contributed by atoms with Gasteiger partial charge in [0, 0.05) is 0 Å². The van der Waals surface area contributed by atoms with E-state index in [0.717, 1.165) is 25.7 Å². The second-order valence-corrected chi connectivity index (χ2v) is 4.23. The predicted octanol–water partition coefficient (Wildman–Crippen LogP) is 2.61. The maximum absolute atomic E-state index is 11.5. The summed E-state index contributed by atoms with van der Waals surface area (Å²) in [7, 11) is 0. The van der Waals surface area contributed by atoms with Crippen LogP contribution < -0.4 is 0 Å². The number of carbonyl (C=O) groups excluding carboxylic acids is 1. The topological polar surface area (TPSA) is 63.6 Å². The average Bonchev–Trinajstić information content (AvgIpc) is 2.15. The summed E-state index contributed by atoms with van der Waals surface area (Å²) in [6.45, 7) is 5.52. The molecule has 0 aliphatic carbocycles. The Hall–Kier alpha value is -1.06. The zero-order chi connectivity index (χ0) is 12.6. The van der Waals surface area contributed by atoms with Crippen molar-refractivity contribution < 1.29 is 19.4 Å². The van der Waals surface area contributed by atoms with E-state index < -0.39 is 17.9 Å². The molecular formula is C12H22O4. The molecule has 0 amide bonds. The number of carboxylic acids is 1. The van der Waals surface area contributed by atoms with Gasteiger partial charge in [0.25, 0.3) is 0 Å². The lowest BCUT2D eigenvalue weighted by Crippen LogP contribution is -2.27. The van der Waals surface area contributed by atoms with E-state index in [0.29, 0.717) is 6.42 Å². The molecule has 1 N–H and O–H groups in total. The van der Waals surface area contributed by atoms with Gasteiger partial charge in [0.05, 0.1) is 6.10 Å². The number of hydrogen-bond acceptors (Lipinski definition) is 3. The number of aliphatic carboxylic acids is 1. The van der Waals surface area contributed by atoms with Crippen molar-refractivity contribution in [2.75, 3.05) is 0 Å². The molecule has 0 aromatic carbocycles. The maximum atomic E-state index is 11.5. The van der Waals surface area contributed by atoms with Crippen molar-refractivity contribution >= 4 is 11.9 Å². The first-order chi connectivity index (χ1) is 7.49. The van der Waals surface area contributed by atoms with Crippen LogP contribution in [0.25, 0.3) is 0 Å². The predicted molar refractivity (Wildman–Crippen MR) is 61.1 cm³/mol. The van der Waals surface area contributed by atoms with Gasteiger partial charge in [-0.1, -0.05) is 32.6 Å². The highest BCUT2D eigenvalue weighted by molar-refractivity contribution is 5.93. The van der Waals surface area contributed by atoms with Crippen molar-refractivity contribution in [1.82, 2.24) is 0 Å². The van der Waals surface area contributed by atoms with Crippen LogP contribution in [0.15, 0.2) is 0 Å². The summed E-state index contributed by atoms with van der Waals surface area (Å²) in [5.41, 5.74) is 0. The Bertz CT molecular complexity index is 223. The van der Waals surface area contributed by atoms with Crippen LogP contribution in [-0.2, 0) is 14.3 Å². The number of carbonyl (C=O) groups is 2. The van der Waals surface area contributed by atoms with Crippen LogP contribution in [0.2, 0.25) is 0 Å². The second kappa shape index (κ2) is 8.13. The van der Waals surface area contributed by atoms with E-state index in [4.69, 9.17) is 9.84 Å². The van der Waals surface area contributed by atoms with E-state index in [9.17, 15) is 9.59 Å². The van der Waals surface area contributed by atoms with Gasteiger partial charge in [-0.15, -0.1) is 0 Å². The van der Waals surface area contributed by atoms with E-state index in [1.54, 1.807) is 13.8 Å². The minimum absolute atomic E-state index is 0.259. The van der Waals surface area contributed by atoms with Gasteiger partial charge in [0.1, 0.15) is 0 Å². The summed E-state index contributed by atoms with van der Waals surface area (Å²) < 4.78 is 4.91. The van der Waals surface area contributed by atoms with Gasteiger partial charge in [0.15, 0.2) is 5.92 Å². The lowest BCUT2D eigenvalue weighted by atomic mass is 10.0. The fourth-order valence-corrected chi connectivity index (χ4v) is 1.43. The molecule has 0 aliphatic heterocycles. The third-order valence-corrected chi connectivity index (χ3v) is 2.28. The minimum atomic E-state index is -1.08. The zero-order valence-corrected chi connectivity index (χ0v) is 10.4. The third-order valence-electron chi connectivity index (χ3n) is 2.28. The average molecular weight is 230 g/mol. The maximum Gasteiger partial charge on any atom is 0.320 e. The summed E-state index contributed by atoms with van der Waals surface area (Å²) in [4.78, 5) is 22.3. The lowest BCUT2D eigenvalue weighted by Gasteiger charge is -2.13. The number of rotatable bonds is 8. The van der Waals surface area contributed by atoms with Crippen molar-refractivity contribution in [2.45, 2.75) is 59.0 Å². The molecule has 94 valence electrons. The van der Waals surface area contributed by atoms with Crippen molar-refractivity contribution in [2.24, 2.45) is 5.92 Å². The van der Waals surface area contributed by atoms with Crippen LogP contribution in [0.1, 0.15) is 52.9 Å². The van der Waals surface area contributed by atoms with E-state index in [1.807, 2.05) is 0 Å². The van der Waals surface area contributed by atoms with Crippen LogP contribution in [-0.4, -0.2) is 23.1 Å². The number of unbranched alkanes of at least 4 members (excludes halogenated alkanes) is 3. The van der Waals surface area contributed by atoms with E-state index >= 15 is 0 Å². The monoisotopic (exact) mass is 230 g/mol. The molecule has 0 aromatic heterocycles. The van der Waals surface area contributed by atoms with E-state index in [2.05, 4.69) is 6.92 Å². The highest BCUT2D eigenvalue weighted by Gasteiger charge is 2.27. The normalized spacial score (nSPS) is 12.5. The highest BCUT2D eigenvalue weighted by Crippen LogP contribution is 2.14. The van der Waals surface area contributed by atoms with Gasteiger partial charge in [0.2, 0.25) is 0 Å². The first kappa shape index (κ1) is 14.9. The fraction of sp³-hybridized carbons (Fsp3) is 0.833. The van der Waals surface area contributed by atoms with Crippen molar-refractivity contribution in [1.29, 1.82) is 0 Å². The standard InChI is InChI=1S/C12H22O4/c1-4-5-6-7-8-10(11(13)14)12(15)16-9(2)3/h9-10H,4-8H2,1-3H3,(H,13,14). The van der Waals surface area contributed by atoms with Gasteiger partial charge in [-0.2, -0.15) is 0 Å². The summed E-state index contributed by atoms with van der Waals surface area (Å²) in [6, 6.07) is 0. The molecular weight excluding hydrogens is 208 g/mol. The van der Waals surface area contributed by atoms with Gasteiger partial charge < -0.3 is 9.84 Å². The molecule has 0 heterocycles. The molecule has 0 bridgehead atoms. The van der Waals surface area contributed by atoms with Gasteiger partial charge >= 0.3 is 11.9 Å². The van der Waals surface area contributed by atoms with Crippen LogP contribution in [0.3, 0.4) is 0 Å². The third kappa shape index (κ3) is 6.43. The Morgan fingerprint density at radius 2 is 1.81 bits per heavy atom. The van der Waals surface area contributed by atoms with E-state index in [1.165, 1.54) is 0 Å². The number of esters is 1. The zero-order valence-electron chi connectivity index (χ0n) is 10.4. The summed E-state index contributed by atoms with van der Waals surface area (Å²) in [5, 5.41) is 8.91. The molecule has 1 atom stereocenters. The Morgan fingerprint density at radius 1 is 1.19 bits per heavy atom. The molecule has 0 radical (unpaired) electrons. The largest absolute Gasteiger partial charge is 0.481 e. The Morgan fingerprint density at radius 3 is 2.25 bits per heavy atom. The molecule has 4 heteroatoms. The number of carboxylic acid groups (broad SMARTS) is 1. The lowest BCUT2D eigenvalue weighted by molar-refractivity contribution is -0.161. The summed E-state index contributed by atoms with van der Waals surface area (Å²) >= 11 is 0. The molecule has 1 unspecified atom stereocenters. The minimum Gasteiger partial charge on any atom is -0.481 e. The summed E-state index contributed by atoms with van der Waals surface area (Å²) in [5.74, 6) is -2.69. The molecule has 0 saturated carbocycles. The second-order valence-electron chi connectivity index (χ2n) is 4.23. The van der Waals surface area contributed by atoms with Crippen LogP contribution in [0.4, 0.5) is 0 Å². The first-order valence-corrected chi connectivity index (χ1v) is 5.92. The number of ether oxygens (including phenoxy) is 1. The molecule has 0 rings (SSSR count). The van der Waals surface area contributed by atoms with Crippen LogP contribution in [0.5, 0.6) is 0 Å². The molecule has 16 heavy (non-hydrogen) atoms. The highest BCUT2D eigenvalue weighted by atomic mass is 16.5. The molecule has 0 aromatic rings. The number of hydrogen-bond donors (Lipinski definition) is 1. The van der Waals surface area contributed by atoms with Gasteiger partial charge in [-0.05, 0) is 20.3 Å². The smallest absolute Gasteiger partial charge is 0.320 e. The Balaban J connectivity index is 4.06. The van der Waals surface area contributed by atoms with Gasteiger partial charge in [-0.25, -0.2) is 0 Å². The van der Waals surface area contributed by atoms with Crippen molar-refractivity contribution in [3.05, 3.63) is 0 Å². The Labute approximate surface area is 97.0 Å². The van der Waals surface area contributed by atoms with Crippen LogP contribution in [0, 0.1) is 5.92 Å².